The van der Waals surface area contributed by atoms with Crippen LogP contribution in [-0.4, -0.2) is 19.6 Å². The highest BCUT2D eigenvalue weighted by molar-refractivity contribution is 7.18. The summed E-state index contributed by atoms with van der Waals surface area (Å²) in [6.07, 6.45) is 1.68. The van der Waals surface area contributed by atoms with Crippen LogP contribution in [0.25, 0.3) is 15.9 Å². The minimum atomic E-state index is 0.239. The van der Waals surface area contributed by atoms with Gasteiger partial charge in [0.15, 0.2) is 11.5 Å². The SMILES string of the molecule is Cc1sc2ncn3nc(COc4ccc(Cl)c(Cl)c4)nc3c2c1C. The van der Waals surface area contributed by atoms with Crippen LogP contribution in [0.2, 0.25) is 10.0 Å². The molecule has 0 saturated carbocycles. The second kappa shape index (κ2) is 5.88. The fourth-order valence-corrected chi connectivity index (χ4v) is 3.74. The van der Waals surface area contributed by atoms with E-state index in [1.165, 1.54) is 10.4 Å². The number of rotatable bonds is 3. The molecule has 0 spiro atoms. The molecule has 0 aliphatic carbocycles. The number of thiophene rings is 1. The highest BCUT2D eigenvalue weighted by atomic mass is 35.5. The average molecular weight is 379 g/mol. The van der Waals surface area contributed by atoms with Crippen LogP contribution in [-0.2, 0) is 6.61 Å². The molecule has 24 heavy (non-hydrogen) atoms. The first-order chi connectivity index (χ1) is 11.5. The van der Waals surface area contributed by atoms with Gasteiger partial charge in [-0.05, 0) is 31.5 Å². The van der Waals surface area contributed by atoms with E-state index < -0.39 is 0 Å². The van der Waals surface area contributed by atoms with Crippen LogP contribution in [0.3, 0.4) is 0 Å². The fourth-order valence-electron chi connectivity index (χ4n) is 2.46. The maximum Gasteiger partial charge on any atom is 0.189 e. The van der Waals surface area contributed by atoms with E-state index in [4.69, 9.17) is 27.9 Å². The maximum atomic E-state index is 5.99. The summed E-state index contributed by atoms with van der Waals surface area (Å²) in [5.74, 6) is 1.20. The van der Waals surface area contributed by atoms with Gasteiger partial charge in [-0.1, -0.05) is 23.2 Å². The lowest BCUT2D eigenvalue weighted by atomic mass is 10.2. The largest absolute Gasteiger partial charge is 0.485 e. The van der Waals surface area contributed by atoms with Crippen molar-refractivity contribution in [2.24, 2.45) is 0 Å². The molecule has 0 amide bonds. The summed E-state index contributed by atoms with van der Waals surface area (Å²) in [6, 6.07) is 5.13. The first-order valence-electron chi connectivity index (χ1n) is 7.21. The monoisotopic (exact) mass is 378 g/mol. The zero-order valence-corrected chi connectivity index (χ0v) is 15.2. The van der Waals surface area contributed by atoms with Crippen LogP contribution in [0, 0.1) is 13.8 Å². The third-order valence-electron chi connectivity index (χ3n) is 3.81. The lowest BCUT2D eigenvalue weighted by Gasteiger charge is -2.04. The van der Waals surface area contributed by atoms with E-state index in [1.807, 2.05) is 0 Å². The van der Waals surface area contributed by atoms with Gasteiger partial charge in [0, 0.05) is 10.9 Å². The molecule has 3 heterocycles. The minimum Gasteiger partial charge on any atom is -0.485 e. The predicted molar refractivity (Wildman–Crippen MR) is 96.4 cm³/mol. The third-order valence-corrected chi connectivity index (χ3v) is 5.66. The molecule has 0 unspecified atom stereocenters. The summed E-state index contributed by atoms with van der Waals surface area (Å²) in [6.45, 7) is 4.41. The molecule has 0 aliphatic heterocycles. The summed E-state index contributed by atoms with van der Waals surface area (Å²) in [5.41, 5.74) is 1.99. The van der Waals surface area contributed by atoms with Crippen molar-refractivity contribution in [2.45, 2.75) is 20.5 Å². The molecule has 0 N–H and O–H groups in total. The Morgan fingerprint density at radius 1 is 1.21 bits per heavy atom. The van der Waals surface area contributed by atoms with Crippen molar-refractivity contribution in [1.82, 2.24) is 19.6 Å². The van der Waals surface area contributed by atoms with Gasteiger partial charge >= 0.3 is 0 Å². The normalized spacial score (nSPS) is 11.5. The van der Waals surface area contributed by atoms with Crippen molar-refractivity contribution in [1.29, 1.82) is 0 Å². The molecule has 0 fully saturated rings. The minimum absolute atomic E-state index is 0.239. The van der Waals surface area contributed by atoms with Crippen molar-refractivity contribution in [3.63, 3.8) is 0 Å². The Bertz CT molecular complexity index is 1070. The van der Waals surface area contributed by atoms with E-state index >= 15 is 0 Å². The summed E-state index contributed by atoms with van der Waals surface area (Å²) in [5, 5.41) is 6.42. The van der Waals surface area contributed by atoms with Gasteiger partial charge in [0.05, 0.1) is 15.4 Å². The fraction of sp³-hybridized carbons (Fsp3) is 0.188. The van der Waals surface area contributed by atoms with Crippen molar-refractivity contribution in [2.75, 3.05) is 0 Å². The molecule has 1 aromatic carbocycles. The molecule has 0 aliphatic rings. The Morgan fingerprint density at radius 2 is 2.04 bits per heavy atom. The average Bonchev–Trinajstić information content (AvgIpc) is 3.09. The van der Waals surface area contributed by atoms with Crippen molar-refractivity contribution in [3.8, 4) is 5.75 Å². The Balaban J connectivity index is 1.67. The molecular formula is C16H12Cl2N4OS. The van der Waals surface area contributed by atoms with Gasteiger partial charge in [-0.2, -0.15) is 0 Å². The standard InChI is InChI=1S/C16H12Cl2N4OS/c1-8-9(2)24-16-14(8)15-20-13(21-22(15)7-19-16)6-23-10-3-4-11(17)12(18)5-10/h3-5,7H,6H2,1-2H3. The highest BCUT2D eigenvalue weighted by Crippen LogP contribution is 2.31. The van der Waals surface area contributed by atoms with Gasteiger partial charge in [-0.15, -0.1) is 16.4 Å². The first kappa shape index (κ1) is 15.6. The third kappa shape index (κ3) is 2.60. The number of ether oxygens (including phenoxy) is 1. The summed E-state index contributed by atoms with van der Waals surface area (Å²) in [4.78, 5) is 11.3. The van der Waals surface area contributed by atoms with Crippen LogP contribution in [0.15, 0.2) is 24.5 Å². The highest BCUT2D eigenvalue weighted by Gasteiger charge is 2.14. The quantitative estimate of drug-likeness (QED) is 0.511. The molecule has 3 aromatic heterocycles. The van der Waals surface area contributed by atoms with E-state index in [0.717, 1.165) is 15.9 Å². The summed E-state index contributed by atoms with van der Waals surface area (Å²) in [7, 11) is 0. The Labute approximate surface area is 151 Å². The number of hydrogen-bond acceptors (Lipinski definition) is 5. The molecule has 122 valence electrons. The number of fused-ring (bicyclic) bond motifs is 3. The maximum absolute atomic E-state index is 5.99. The van der Waals surface area contributed by atoms with E-state index in [0.29, 0.717) is 21.6 Å². The van der Waals surface area contributed by atoms with Crippen LogP contribution in [0.4, 0.5) is 0 Å². The number of aryl methyl sites for hydroxylation is 2. The van der Waals surface area contributed by atoms with E-state index in [1.54, 1.807) is 40.4 Å². The van der Waals surface area contributed by atoms with Crippen LogP contribution in [0.5, 0.6) is 5.75 Å². The molecular weight excluding hydrogens is 367 g/mol. The van der Waals surface area contributed by atoms with Crippen molar-refractivity contribution >= 4 is 50.4 Å². The topological polar surface area (TPSA) is 52.3 Å². The molecule has 8 heteroatoms. The van der Waals surface area contributed by atoms with Crippen molar-refractivity contribution < 1.29 is 4.74 Å². The zero-order chi connectivity index (χ0) is 16.8. The zero-order valence-electron chi connectivity index (χ0n) is 12.9. The number of halogens is 2. The molecule has 0 bridgehead atoms. The smallest absolute Gasteiger partial charge is 0.189 e. The molecule has 5 nitrogen and oxygen atoms in total. The van der Waals surface area contributed by atoms with Crippen LogP contribution >= 0.6 is 34.5 Å². The van der Waals surface area contributed by atoms with Gasteiger partial charge in [0.2, 0.25) is 0 Å². The number of hydrogen-bond donors (Lipinski definition) is 0. The van der Waals surface area contributed by atoms with Crippen LogP contribution in [0.1, 0.15) is 16.3 Å². The Hall–Kier alpha value is -1.89. The predicted octanol–water partition coefficient (Wildman–Crippen LogP) is 4.84. The summed E-state index contributed by atoms with van der Waals surface area (Å²) >= 11 is 13.6. The molecule has 4 rings (SSSR count). The summed E-state index contributed by atoms with van der Waals surface area (Å²) < 4.78 is 7.40. The van der Waals surface area contributed by atoms with Gasteiger partial charge in [-0.3, -0.25) is 0 Å². The van der Waals surface area contributed by atoms with E-state index in [9.17, 15) is 0 Å². The van der Waals surface area contributed by atoms with Gasteiger partial charge < -0.3 is 4.74 Å². The molecule has 0 saturated heterocycles. The number of aromatic nitrogens is 4. The van der Waals surface area contributed by atoms with Gasteiger partial charge in [-0.25, -0.2) is 14.5 Å². The molecule has 0 atom stereocenters. The molecule has 4 aromatic rings. The van der Waals surface area contributed by atoms with Crippen LogP contribution < -0.4 is 4.74 Å². The Morgan fingerprint density at radius 3 is 2.83 bits per heavy atom. The van der Waals surface area contributed by atoms with E-state index in [-0.39, 0.29) is 6.61 Å². The van der Waals surface area contributed by atoms with Gasteiger partial charge in [0.1, 0.15) is 23.5 Å². The van der Waals surface area contributed by atoms with E-state index in [2.05, 4.69) is 28.9 Å². The lowest BCUT2D eigenvalue weighted by Crippen LogP contribution is -1.98. The first-order valence-corrected chi connectivity index (χ1v) is 8.78. The Kier molecular flexibility index (Phi) is 3.83. The lowest BCUT2D eigenvalue weighted by molar-refractivity contribution is 0.296. The molecule has 0 radical (unpaired) electrons. The second-order valence-corrected chi connectivity index (χ2v) is 7.39. The van der Waals surface area contributed by atoms with Gasteiger partial charge in [0.25, 0.3) is 0 Å². The number of benzene rings is 1. The van der Waals surface area contributed by atoms with Crippen molar-refractivity contribution in [3.05, 3.63) is 50.8 Å². The number of nitrogens with zero attached hydrogens (tertiary/aromatic N) is 4. The second-order valence-electron chi connectivity index (χ2n) is 5.37.